The van der Waals surface area contributed by atoms with E-state index in [1.165, 1.54) is 11.3 Å². The molecule has 0 spiro atoms. The van der Waals surface area contributed by atoms with Gasteiger partial charge >= 0.3 is 0 Å². The SMILES string of the molecule is CC1=CC2CN(C)N=C2C=C1. The molecule has 2 aliphatic rings. The lowest BCUT2D eigenvalue weighted by molar-refractivity contribution is 0.375. The van der Waals surface area contributed by atoms with Crippen LogP contribution in [0.3, 0.4) is 0 Å². The number of fused-ring (bicyclic) bond motifs is 1. The maximum absolute atomic E-state index is 4.36. The quantitative estimate of drug-likeness (QED) is 0.507. The van der Waals surface area contributed by atoms with Crippen LogP contribution in [0, 0.1) is 5.92 Å². The second-order valence-corrected chi connectivity index (χ2v) is 3.22. The highest BCUT2D eigenvalue weighted by atomic mass is 15.5. The van der Waals surface area contributed by atoms with E-state index in [1.807, 2.05) is 12.1 Å². The molecular weight excluding hydrogens is 136 g/mol. The Morgan fingerprint density at radius 2 is 2.36 bits per heavy atom. The molecule has 1 atom stereocenters. The van der Waals surface area contributed by atoms with E-state index < -0.39 is 0 Å². The number of hydrogen-bond acceptors (Lipinski definition) is 2. The van der Waals surface area contributed by atoms with Gasteiger partial charge in [0.1, 0.15) is 0 Å². The lowest BCUT2D eigenvalue weighted by atomic mass is 9.96. The standard InChI is InChI=1S/C9H12N2/c1-7-3-4-9-8(5-7)6-11(2)10-9/h3-5,8H,6H2,1-2H3. The van der Waals surface area contributed by atoms with Crippen LogP contribution >= 0.6 is 0 Å². The van der Waals surface area contributed by atoms with Crippen molar-refractivity contribution in [2.45, 2.75) is 6.92 Å². The molecule has 0 saturated carbocycles. The predicted octanol–water partition coefficient (Wildman–Crippen LogP) is 1.42. The van der Waals surface area contributed by atoms with Gasteiger partial charge in [-0.15, -0.1) is 0 Å². The summed E-state index contributed by atoms with van der Waals surface area (Å²) in [5, 5.41) is 6.36. The summed E-state index contributed by atoms with van der Waals surface area (Å²) in [6.07, 6.45) is 6.51. The fourth-order valence-electron chi connectivity index (χ4n) is 1.58. The summed E-state index contributed by atoms with van der Waals surface area (Å²) in [6, 6.07) is 0. The normalized spacial score (nSPS) is 28.2. The molecule has 2 rings (SSSR count). The van der Waals surface area contributed by atoms with E-state index in [1.54, 1.807) is 0 Å². The number of nitrogens with zero attached hydrogens (tertiary/aromatic N) is 2. The molecule has 0 aromatic heterocycles. The van der Waals surface area contributed by atoms with Gasteiger partial charge in [-0.05, 0) is 13.0 Å². The summed E-state index contributed by atoms with van der Waals surface area (Å²) < 4.78 is 0. The van der Waals surface area contributed by atoms with Gasteiger partial charge in [0.2, 0.25) is 0 Å². The third kappa shape index (κ3) is 1.09. The van der Waals surface area contributed by atoms with Crippen molar-refractivity contribution >= 4 is 5.71 Å². The van der Waals surface area contributed by atoms with Crippen LogP contribution in [0.4, 0.5) is 0 Å². The molecule has 1 heterocycles. The number of rotatable bonds is 0. The van der Waals surface area contributed by atoms with Crippen molar-refractivity contribution < 1.29 is 0 Å². The Morgan fingerprint density at radius 3 is 3.18 bits per heavy atom. The summed E-state index contributed by atoms with van der Waals surface area (Å²) in [7, 11) is 2.02. The van der Waals surface area contributed by atoms with Crippen molar-refractivity contribution in [1.29, 1.82) is 0 Å². The Balaban J connectivity index is 2.29. The van der Waals surface area contributed by atoms with Crippen LogP contribution in [-0.2, 0) is 0 Å². The summed E-state index contributed by atoms with van der Waals surface area (Å²) in [4.78, 5) is 0. The lowest BCUT2D eigenvalue weighted by Gasteiger charge is -2.10. The first kappa shape index (κ1) is 6.65. The molecule has 0 saturated heterocycles. The van der Waals surface area contributed by atoms with E-state index in [0.717, 1.165) is 6.54 Å². The molecule has 1 unspecified atom stereocenters. The van der Waals surface area contributed by atoms with Crippen molar-refractivity contribution in [3.63, 3.8) is 0 Å². The molecular formula is C9H12N2. The van der Waals surface area contributed by atoms with Crippen LogP contribution in [0.1, 0.15) is 6.92 Å². The Hall–Kier alpha value is -1.05. The van der Waals surface area contributed by atoms with Crippen LogP contribution in [-0.4, -0.2) is 24.3 Å². The molecule has 58 valence electrons. The average molecular weight is 148 g/mol. The molecule has 0 fully saturated rings. The molecule has 1 aliphatic heterocycles. The molecule has 0 N–H and O–H groups in total. The molecule has 0 aromatic rings. The van der Waals surface area contributed by atoms with Crippen molar-refractivity contribution in [2.75, 3.05) is 13.6 Å². The van der Waals surface area contributed by atoms with Gasteiger partial charge in [-0.2, -0.15) is 5.10 Å². The zero-order valence-electron chi connectivity index (χ0n) is 6.91. The first-order valence-electron chi connectivity index (χ1n) is 3.92. The Kier molecular flexibility index (Phi) is 1.34. The van der Waals surface area contributed by atoms with Gasteiger partial charge in [-0.25, -0.2) is 0 Å². The van der Waals surface area contributed by atoms with Gasteiger partial charge in [0.15, 0.2) is 0 Å². The van der Waals surface area contributed by atoms with E-state index in [4.69, 9.17) is 0 Å². The zero-order chi connectivity index (χ0) is 7.84. The Labute approximate surface area is 66.9 Å². The minimum absolute atomic E-state index is 0.546. The van der Waals surface area contributed by atoms with Gasteiger partial charge in [0, 0.05) is 19.5 Å². The topological polar surface area (TPSA) is 15.6 Å². The van der Waals surface area contributed by atoms with E-state index in [9.17, 15) is 0 Å². The van der Waals surface area contributed by atoms with Gasteiger partial charge in [-0.1, -0.05) is 17.7 Å². The van der Waals surface area contributed by atoms with Gasteiger partial charge in [-0.3, -0.25) is 5.01 Å². The number of hydrazone groups is 1. The fourth-order valence-corrected chi connectivity index (χ4v) is 1.58. The molecule has 2 nitrogen and oxygen atoms in total. The van der Waals surface area contributed by atoms with E-state index in [2.05, 4.69) is 30.3 Å². The maximum Gasteiger partial charge on any atom is 0.0692 e. The van der Waals surface area contributed by atoms with Crippen molar-refractivity contribution in [2.24, 2.45) is 11.0 Å². The average Bonchev–Trinajstić information content (AvgIpc) is 2.27. The minimum Gasteiger partial charge on any atom is -0.299 e. The smallest absolute Gasteiger partial charge is 0.0692 e. The molecule has 2 heteroatoms. The van der Waals surface area contributed by atoms with Crippen molar-refractivity contribution in [3.05, 3.63) is 23.8 Å². The van der Waals surface area contributed by atoms with Crippen LogP contribution < -0.4 is 0 Å². The van der Waals surface area contributed by atoms with Crippen LogP contribution in [0.25, 0.3) is 0 Å². The van der Waals surface area contributed by atoms with Crippen molar-refractivity contribution in [3.8, 4) is 0 Å². The maximum atomic E-state index is 4.36. The lowest BCUT2D eigenvalue weighted by Crippen LogP contribution is -2.15. The van der Waals surface area contributed by atoms with Crippen LogP contribution in [0.5, 0.6) is 0 Å². The molecule has 11 heavy (non-hydrogen) atoms. The third-order valence-corrected chi connectivity index (χ3v) is 2.11. The Morgan fingerprint density at radius 1 is 1.55 bits per heavy atom. The van der Waals surface area contributed by atoms with Crippen molar-refractivity contribution in [1.82, 2.24) is 5.01 Å². The summed E-state index contributed by atoms with van der Waals surface area (Å²) in [5.41, 5.74) is 2.56. The number of hydrogen-bond donors (Lipinski definition) is 0. The molecule has 0 amide bonds. The van der Waals surface area contributed by atoms with E-state index in [0.29, 0.717) is 5.92 Å². The molecule has 1 aliphatic carbocycles. The Bertz CT molecular complexity index is 261. The highest BCUT2D eigenvalue weighted by molar-refractivity contribution is 6.00. The van der Waals surface area contributed by atoms with E-state index in [-0.39, 0.29) is 0 Å². The van der Waals surface area contributed by atoms with Crippen LogP contribution in [0.2, 0.25) is 0 Å². The highest BCUT2D eigenvalue weighted by Gasteiger charge is 2.22. The van der Waals surface area contributed by atoms with Gasteiger partial charge in [0.25, 0.3) is 0 Å². The summed E-state index contributed by atoms with van der Waals surface area (Å²) in [6.45, 7) is 3.17. The fraction of sp³-hybridized carbons (Fsp3) is 0.444. The first-order valence-corrected chi connectivity index (χ1v) is 3.92. The van der Waals surface area contributed by atoms with Crippen LogP contribution in [0.15, 0.2) is 28.9 Å². The minimum atomic E-state index is 0.546. The summed E-state index contributed by atoms with van der Waals surface area (Å²) in [5.74, 6) is 0.546. The largest absolute Gasteiger partial charge is 0.299 e. The first-order chi connectivity index (χ1) is 5.25. The van der Waals surface area contributed by atoms with Gasteiger partial charge < -0.3 is 0 Å². The molecule has 0 aromatic carbocycles. The highest BCUT2D eigenvalue weighted by Crippen LogP contribution is 2.20. The second-order valence-electron chi connectivity index (χ2n) is 3.22. The van der Waals surface area contributed by atoms with E-state index >= 15 is 0 Å². The monoisotopic (exact) mass is 148 g/mol. The third-order valence-electron chi connectivity index (χ3n) is 2.11. The number of allylic oxidation sites excluding steroid dienone is 3. The predicted molar refractivity (Wildman–Crippen MR) is 46.5 cm³/mol. The summed E-state index contributed by atoms with van der Waals surface area (Å²) >= 11 is 0. The van der Waals surface area contributed by atoms with Gasteiger partial charge in [0.05, 0.1) is 5.71 Å². The molecule has 0 radical (unpaired) electrons. The second kappa shape index (κ2) is 2.22. The molecule has 0 bridgehead atoms. The zero-order valence-corrected chi connectivity index (χ0v) is 6.91.